The lowest BCUT2D eigenvalue weighted by molar-refractivity contribution is -0.122. The second-order valence-electron chi connectivity index (χ2n) is 4.59. The van der Waals surface area contributed by atoms with Crippen LogP contribution in [-0.2, 0) is 4.79 Å². The van der Waals surface area contributed by atoms with Gasteiger partial charge in [0, 0.05) is 13.1 Å². The summed E-state index contributed by atoms with van der Waals surface area (Å²) in [5.74, 6) is -0.141. The van der Waals surface area contributed by atoms with Gasteiger partial charge in [-0.15, -0.1) is 0 Å². The molecule has 2 aliphatic rings. The SMILES string of the molecule is O=C1C(c2ccccc2)=C(N2CCCC2)C1O. The first-order chi connectivity index (χ1) is 8.29. The van der Waals surface area contributed by atoms with Crippen molar-refractivity contribution in [2.75, 3.05) is 13.1 Å². The van der Waals surface area contributed by atoms with E-state index in [1.165, 1.54) is 0 Å². The molecule has 3 heteroatoms. The summed E-state index contributed by atoms with van der Waals surface area (Å²) in [5.41, 5.74) is 2.46. The molecule has 3 nitrogen and oxygen atoms in total. The topological polar surface area (TPSA) is 40.5 Å². The zero-order chi connectivity index (χ0) is 11.8. The van der Waals surface area contributed by atoms with Crippen LogP contribution in [0.5, 0.6) is 0 Å². The van der Waals surface area contributed by atoms with Crippen molar-refractivity contribution in [3.8, 4) is 0 Å². The number of nitrogens with zero attached hydrogens (tertiary/aromatic N) is 1. The van der Waals surface area contributed by atoms with E-state index in [2.05, 4.69) is 4.90 Å². The van der Waals surface area contributed by atoms with E-state index in [0.29, 0.717) is 5.57 Å². The molecule has 1 aliphatic heterocycles. The van der Waals surface area contributed by atoms with Gasteiger partial charge in [0.1, 0.15) is 0 Å². The minimum atomic E-state index is -0.900. The van der Waals surface area contributed by atoms with Gasteiger partial charge in [0.15, 0.2) is 11.9 Å². The van der Waals surface area contributed by atoms with Gasteiger partial charge in [0.05, 0.1) is 11.3 Å². The quantitative estimate of drug-likeness (QED) is 0.834. The maximum atomic E-state index is 11.8. The van der Waals surface area contributed by atoms with Crippen molar-refractivity contribution in [1.82, 2.24) is 4.90 Å². The van der Waals surface area contributed by atoms with Gasteiger partial charge in [-0.05, 0) is 18.4 Å². The predicted octanol–water partition coefficient (Wildman–Crippen LogP) is 1.44. The highest BCUT2D eigenvalue weighted by atomic mass is 16.3. The number of Topliss-reactive ketones (excluding diaryl/α,β-unsaturated/α-hetero) is 1. The van der Waals surface area contributed by atoms with E-state index in [0.717, 1.165) is 37.2 Å². The molecule has 1 fully saturated rings. The summed E-state index contributed by atoms with van der Waals surface area (Å²) in [6.07, 6.45) is 1.39. The third kappa shape index (κ3) is 1.58. The van der Waals surface area contributed by atoms with Gasteiger partial charge < -0.3 is 10.0 Å². The van der Waals surface area contributed by atoms with Crippen molar-refractivity contribution in [2.45, 2.75) is 18.9 Å². The van der Waals surface area contributed by atoms with Crippen LogP contribution >= 0.6 is 0 Å². The average Bonchev–Trinajstić information content (AvgIpc) is 2.88. The number of aliphatic hydroxyl groups is 1. The van der Waals surface area contributed by atoms with Crippen molar-refractivity contribution >= 4 is 11.4 Å². The zero-order valence-corrected chi connectivity index (χ0v) is 9.60. The first-order valence-corrected chi connectivity index (χ1v) is 6.06. The van der Waals surface area contributed by atoms with Crippen LogP contribution in [-0.4, -0.2) is 35.0 Å². The molecule has 1 aliphatic carbocycles. The van der Waals surface area contributed by atoms with E-state index < -0.39 is 6.10 Å². The van der Waals surface area contributed by atoms with E-state index >= 15 is 0 Å². The van der Waals surface area contributed by atoms with E-state index in [4.69, 9.17) is 0 Å². The minimum Gasteiger partial charge on any atom is -0.379 e. The van der Waals surface area contributed by atoms with Crippen LogP contribution in [0.1, 0.15) is 18.4 Å². The first kappa shape index (κ1) is 10.5. The summed E-state index contributed by atoms with van der Waals surface area (Å²) in [7, 11) is 0. The molecule has 0 aromatic heterocycles. The van der Waals surface area contributed by atoms with Gasteiger partial charge >= 0.3 is 0 Å². The fraction of sp³-hybridized carbons (Fsp3) is 0.357. The Bertz CT molecular complexity index is 472. The third-order valence-electron chi connectivity index (χ3n) is 3.52. The molecule has 1 unspecified atom stereocenters. The van der Waals surface area contributed by atoms with Crippen molar-refractivity contribution in [3.63, 3.8) is 0 Å². The Morgan fingerprint density at radius 1 is 1.12 bits per heavy atom. The maximum Gasteiger partial charge on any atom is 0.199 e. The molecule has 0 amide bonds. The van der Waals surface area contributed by atoms with Crippen LogP contribution in [0, 0.1) is 0 Å². The average molecular weight is 229 g/mol. The highest BCUT2D eigenvalue weighted by molar-refractivity contribution is 6.31. The second kappa shape index (κ2) is 4.00. The summed E-state index contributed by atoms with van der Waals surface area (Å²) >= 11 is 0. The Balaban J connectivity index is 2.02. The molecular weight excluding hydrogens is 214 g/mol. The summed E-state index contributed by atoms with van der Waals surface area (Å²) < 4.78 is 0. The summed E-state index contributed by atoms with van der Waals surface area (Å²) in [6, 6.07) is 9.62. The smallest absolute Gasteiger partial charge is 0.199 e. The molecule has 1 saturated heterocycles. The Morgan fingerprint density at radius 2 is 1.76 bits per heavy atom. The van der Waals surface area contributed by atoms with Gasteiger partial charge in [-0.3, -0.25) is 4.79 Å². The lowest BCUT2D eigenvalue weighted by Gasteiger charge is -2.35. The lowest BCUT2D eigenvalue weighted by Crippen LogP contribution is -2.43. The number of carbonyl (C=O) groups is 1. The number of benzene rings is 1. The highest BCUT2D eigenvalue weighted by Crippen LogP contribution is 2.36. The largest absolute Gasteiger partial charge is 0.379 e. The molecule has 17 heavy (non-hydrogen) atoms. The highest BCUT2D eigenvalue weighted by Gasteiger charge is 2.41. The van der Waals surface area contributed by atoms with Crippen molar-refractivity contribution in [3.05, 3.63) is 41.6 Å². The number of aliphatic hydroxyl groups excluding tert-OH is 1. The van der Waals surface area contributed by atoms with E-state index in [1.807, 2.05) is 30.3 Å². The minimum absolute atomic E-state index is 0.141. The predicted molar refractivity (Wildman–Crippen MR) is 65.2 cm³/mol. The van der Waals surface area contributed by atoms with E-state index in [9.17, 15) is 9.90 Å². The molecule has 88 valence electrons. The fourth-order valence-corrected chi connectivity index (χ4v) is 2.63. The summed E-state index contributed by atoms with van der Waals surface area (Å²) in [4.78, 5) is 13.9. The monoisotopic (exact) mass is 229 g/mol. The molecule has 1 heterocycles. The van der Waals surface area contributed by atoms with Gasteiger partial charge in [-0.1, -0.05) is 30.3 Å². The van der Waals surface area contributed by atoms with E-state index in [-0.39, 0.29) is 5.78 Å². The molecule has 1 N–H and O–H groups in total. The molecule has 0 radical (unpaired) electrons. The third-order valence-corrected chi connectivity index (χ3v) is 3.52. The standard InChI is InChI=1S/C14H15NO2/c16-13-11(10-6-2-1-3-7-10)12(14(13)17)15-8-4-5-9-15/h1-3,6-7,14,17H,4-5,8-9H2. The van der Waals surface area contributed by atoms with Crippen LogP contribution < -0.4 is 0 Å². The van der Waals surface area contributed by atoms with Crippen molar-refractivity contribution in [1.29, 1.82) is 0 Å². The van der Waals surface area contributed by atoms with Crippen molar-refractivity contribution in [2.24, 2.45) is 0 Å². The van der Waals surface area contributed by atoms with Gasteiger partial charge in [-0.2, -0.15) is 0 Å². The lowest BCUT2D eigenvalue weighted by atomic mass is 9.83. The molecule has 0 bridgehead atoms. The number of rotatable bonds is 2. The van der Waals surface area contributed by atoms with Gasteiger partial charge in [0.2, 0.25) is 0 Å². The number of ketones is 1. The molecule has 0 saturated carbocycles. The maximum absolute atomic E-state index is 11.8. The Morgan fingerprint density at radius 3 is 2.41 bits per heavy atom. The van der Waals surface area contributed by atoms with Gasteiger partial charge in [-0.25, -0.2) is 0 Å². The molecule has 1 atom stereocenters. The number of hydrogen-bond acceptors (Lipinski definition) is 3. The van der Waals surface area contributed by atoms with Crippen LogP contribution in [0.4, 0.5) is 0 Å². The molecule has 1 aromatic rings. The summed E-state index contributed by atoms with van der Waals surface area (Å²) in [6.45, 7) is 1.91. The number of hydrogen-bond donors (Lipinski definition) is 1. The van der Waals surface area contributed by atoms with Crippen LogP contribution in [0.15, 0.2) is 36.0 Å². The number of carbonyl (C=O) groups excluding carboxylic acids is 1. The zero-order valence-electron chi connectivity index (χ0n) is 9.60. The normalized spacial score (nSPS) is 24.2. The molecule has 3 rings (SSSR count). The van der Waals surface area contributed by atoms with Gasteiger partial charge in [0.25, 0.3) is 0 Å². The number of likely N-dealkylation sites (tertiary alicyclic amines) is 1. The van der Waals surface area contributed by atoms with E-state index in [1.54, 1.807) is 0 Å². The fourth-order valence-electron chi connectivity index (χ4n) is 2.63. The molecule has 0 spiro atoms. The Kier molecular flexibility index (Phi) is 2.48. The second-order valence-corrected chi connectivity index (χ2v) is 4.59. The molecule has 1 aromatic carbocycles. The molecular formula is C14H15NO2. The van der Waals surface area contributed by atoms with Crippen LogP contribution in [0.2, 0.25) is 0 Å². The Labute approximate surface area is 100 Å². The first-order valence-electron chi connectivity index (χ1n) is 6.06. The van der Waals surface area contributed by atoms with Crippen molar-refractivity contribution < 1.29 is 9.90 Å². The Hall–Kier alpha value is -1.61. The summed E-state index contributed by atoms with van der Waals surface area (Å²) in [5, 5.41) is 9.82. The van der Waals surface area contributed by atoms with Crippen LogP contribution in [0.25, 0.3) is 5.57 Å². The van der Waals surface area contributed by atoms with Crippen LogP contribution in [0.3, 0.4) is 0 Å².